The summed E-state index contributed by atoms with van der Waals surface area (Å²) in [5.41, 5.74) is 0.955. The summed E-state index contributed by atoms with van der Waals surface area (Å²) in [7, 11) is 0. The van der Waals surface area contributed by atoms with E-state index in [4.69, 9.17) is 5.11 Å². The van der Waals surface area contributed by atoms with Gasteiger partial charge in [0.25, 0.3) is 0 Å². The third-order valence-electron chi connectivity index (χ3n) is 3.42. The van der Waals surface area contributed by atoms with Gasteiger partial charge < -0.3 is 10.4 Å². The van der Waals surface area contributed by atoms with Crippen LogP contribution in [0.4, 0.5) is 4.39 Å². The second-order valence-electron chi connectivity index (χ2n) is 4.81. The van der Waals surface area contributed by atoms with Crippen LogP contribution in [-0.2, 0) is 6.54 Å². The molecule has 1 aromatic carbocycles. The molecule has 0 aromatic heterocycles. The molecule has 0 atom stereocenters. The molecule has 1 fully saturated rings. The van der Waals surface area contributed by atoms with E-state index in [9.17, 15) is 4.39 Å². The van der Waals surface area contributed by atoms with Gasteiger partial charge in [-0.3, -0.25) is 0 Å². The minimum atomic E-state index is -0.173. The Labute approximate surface area is 109 Å². The molecule has 1 aliphatic rings. The van der Waals surface area contributed by atoms with Gasteiger partial charge in [-0.15, -0.1) is 0 Å². The number of benzene rings is 1. The summed E-state index contributed by atoms with van der Waals surface area (Å²) in [5.74, 6) is -0.173. The Morgan fingerprint density at radius 2 is 2.18 bits per heavy atom. The van der Waals surface area contributed by atoms with Crippen molar-refractivity contribution in [1.82, 2.24) is 5.32 Å². The lowest BCUT2D eigenvalue weighted by Gasteiger charge is -2.14. The average molecular weight is 302 g/mol. The highest BCUT2D eigenvalue weighted by atomic mass is 79.9. The molecule has 0 radical (unpaired) electrons. The topological polar surface area (TPSA) is 32.3 Å². The Balaban J connectivity index is 1.84. The van der Waals surface area contributed by atoms with Gasteiger partial charge in [0, 0.05) is 29.7 Å². The maximum Gasteiger partial charge on any atom is 0.127 e. The molecule has 0 amide bonds. The highest BCUT2D eigenvalue weighted by Crippen LogP contribution is 2.47. The number of hydrogen-bond acceptors (Lipinski definition) is 2. The number of rotatable bonds is 6. The zero-order valence-electron chi connectivity index (χ0n) is 9.68. The predicted octanol–water partition coefficient (Wildman–Crippen LogP) is 2.84. The molecular weight excluding hydrogens is 285 g/mol. The van der Waals surface area contributed by atoms with Crippen molar-refractivity contribution in [1.29, 1.82) is 0 Å². The molecule has 2 rings (SSSR count). The molecule has 0 spiro atoms. The molecule has 0 saturated heterocycles. The van der Waals surface area contributed by atoms with Crippen LogP contribution < -0.4 is 5.32 Å². The molecule has 2 nitrogen and oxygen atoms in total. The van der Waals surface area contributed by atoms with Crippen molar-refractivity contribution in [2.45, 2.75) is 25.8 Å². The van der Waals surface area contributed by atoms with E-state index in [0.717, 1.165) is 17.4 Å². The molecular formula is C13H17BrFNO. The zero-order chi connectivity index (χ0) is 12.3. The van der Waals surface area contributed by atoms with Gasteiger partial charge >= 0.3 is 0 Å². The van der Waals surface area contributed by atoms with Crippen LogP contribution >= 0.6 is 15.9 Å². The molecule has 4 heteroatoms. The number of halogens is 2. The van der Waals surface area contributed by atoms with Gasteiger partial charge in [-0.25, -0.2) is 4.39 Å². The van der Waals surface area contributed by atoms with Crippen LogP contribution in [0.15, 0.2) is 22.7 Å². The first-order valence-electron chi connectivity index (χ1n) is 5.91. The third kappa shape index (κ3) is 3.50. The number of nitrogens with one attached hydrogen (secondary N) is 1. The molecule has 0 bridgehead atoms. The lowest BCUT2D eigenvalue weighted by atomic mass is 10.0. The molecule has 94 valence electrons. The van der Waals surface area contributed by atoms with Crippen LogP contribution in [0.1, 0.15) is 24.8 Å². The first kappa shape index (κ1) is 13.0. The summed E-state index contributed by atoms with van der Waals surface area (Å²) in [6.07, 6.45) is 3.18. The Morgan fingerprint density at radius 1 is 1.41 bits per heavy atom. The van der Waals surface area contributed by atoms with Crippen LogP contribution in [-0.4, -0.2) is 18.3 Å². The van der Waals surface area contributed by atoms with Gasteiger partial charge in [-0.05, 0) is 42.9 Å². The molecule has 1 aliphatic carbocycles. The maximum atomic E-state index is 13.5. The lowest BCUT2D eigenvalue weighted by Crippen LogP contribution is -2.24. The number of aliphatic hydroxyl groups is 1. The lowest BCUT2D eigenvalue weighted by molar-refractivity contribution is 0.245. The van der Waals surface area contributed by atoms with Gasteiger partial charge in [0.1, 0.15) is 5.82 Å². The van der Waals surface area contributed by atoms with Gasteiger partial charge in [-0.1, -0.05) is 15.9 Å². The molecule has 17 heavy (non-hydrogen) atoms. The second-order valence-corrected chi connectivity index (χ2v) is 5.73. The number of hydrogen-bond donors (Lipinski definition) is 2. The summed E-state index contributed by atoms with van der Waals surface area (Å²) in [4.78, 5) is 0. The van der Waals surface area contributed by atoms with Crippen LogP contribution in [0.2, 0.25) is 0 Å². The zero-order valence-corrected chi connectivity index (χ0v) is 11.3. The van der Waals surface area contributed by atoms with Crippen molar-refractivity contribution in [3.8, 4) is 0 Å². The minimum absolute atomic E-state index is 0.173. The van der Waals surface area contributed by atoms with E-state index in [1.165, 1.54) is 18.9 Å². The third-order valence-corrected chi connectivity index (χ3v) is 3.92. The highest BCUT2D eigenvalue weighted by Gasteiger charge is 2.41. The summed E-state index contributed by atoms with van der Waals surface area (Å²) >= 11 is 3.34. The van der Waals surface area contributed by atoms with Crippen LogP contribution in [0, 0.1) is 11.2 Å². The summed E-state index contributed by atoms with van der Waals surface area (Å²) in [6, 6.07) is 4.97. The maximum absolute atomic E-state index is 13.5. The first-order valence-corrected chi connectivity index (χ1v) is 6.70. The van der Waals surface area contributed by atoms with Crippen molar-refractivity contribution < 1.29 is 9.50 Å². The fourth-order valence-corrected chi connectivity index (χ4v) is 2.48. The van der Waals surface area contributed by atoms with E-state index in [2.05, 4.69) is 21.2 Å². The van der Waals surface area contributed by atoms with E-state index in [0.29, 0.717) is 12.1 Å². The SMILES string of the molecule is OCCC1(CNCc2cc(Br)ccc2F)CC1. The van der Waals surface area contributed by atoms with Crippen molar-refractivity contribution >= 4 is 15.9 Å². The average Bonchev–Trinajstić information content (AvgIpc) is 3.04. The number of aliphatic hydroxyl groups excluding tert-OH is 1. The fraction of sp³-hybridized carbons (Fsp3) is 0.538. The van der Waals surface area contributed by atoms with Crippen molar-refractivity contribution in [3.63, 3.8) is 0 Å². The monoisotopic (exact) mass is 301 g/mol. The summed E-state index contributed by atoms with van der Waals surface area (Å²) in [5, 5.41) is 12.2. The Kier molecular flexibility index (Phi) is 4.17. The van der Waals surface area contributed by atoms with Crippen LogP contribution in [0.5, 0.6) is 0 Å². The largest absolute Gasteiger partial charge is 0.396 e. The van der Waals surface area contributed by atoms with E-state index in [1.807, 2.05) is 0 Å². The Morgan fingerprint density at radius 3 is 2.82 bits per heavy atom. The summed E-state index contributed by atoms with van der Waals surface area (Å²) < 4.78 is 14.3. The van der Waals surface area contributed by atoms with E-state index < -0.39 is 0 Å². The molecule has 1 saturated carbocycles. The Bertz CT molecular complexity index is 393. The molecule has 0 unspecified atom stereocenters. The van der Waals surface area contributed by atoms with Gasteiger partial charge in [0.05, 0.1) is 0 Å². The Hall–Kier alpha value is -0.450. The second kappa shape index (κ2) is 5.46. The van der Waals surface area contributed by atoms with Crippen molar-refractivity contribution in [2.75, 3.05) is 13.2 Å². The minimum Gasteiger partial charge on any atom is -0.396 e. The van der Waals surface area contributed by atoms with Crippen LogP contribution in [0.3, 0.4) is 0 Å². The molecule has 0 heterocycles. The van der Waals surface area contributed by atoms with Crippen molar-refractivity contribution in [2.24, 2.45) is 5.41 Å². The van der Waals surface area contributed by atoms with Gasteiger partial charge in [-0.2, -0.15) is 0 Å². The summed E-state index contributed by atoms with van der Waals surface area (Å²) in [6.45, 7) is 1.64. The normalized spacial score (nSPS) is 17.1. The van der Waals surface area contributed by atoms with E-state index >= 15 is 0 Å². The smallest absolute Gasteiger partial charge is 0.127 e. The van der Waals surface area contributed by atoms with Gasteiger partial charge in [0.15, 0.2) is 0 Å². The van der Waals surface area contributed by atoms with Crippen molar-refractivity contribution in [3.05, 3.63) is 34.1 Å². The fourth-order valence-electron chi connectivity index (χ4n) is 2.07. The van der Waals surface area contributed by atoms with E-state index in [1.54, 1.807) is 12.1 Å². The molecule has 2 N–H and O–H groups in total. The van der Waals surface area contributed by atoms with E-state index in [-0.39, 0.29) is 17.8 Å². The first-order chi connectivity index (χ1) is 8.15. The van der Waals surface area contributed by atoms with Crippen LogP contribution in [0.25, 0.3) is 0 Å². The van der Waals surface area contributed by atoms with Gasteiger partial charge in [0.2, 0.25) is 0 Å². The molecule has 1 aromatic rings. The molecule has 0 aliphatic heterocycles. The highest BCUT2D eigenvalue weighted by molar-refractivity contribution is 9.10. The quantitative estimate of drug-likeness (QED) is 0.847. The predicted molar refractivity (Wildman–Crippen MR) is 69.2 cm³/mol. The standard InChI is InChI=1S/C13H17BrFNO/c14-11-1-2-12(15)10(7-11)8-16-9-13(3-4-13)5-6-17/h1-2,7,16-17H,3-6,8-9H2.